The van der Waals surface area contributed by atoms with Gasteiger partial charge in [-0.2, -0.15) is 0 Å². The maximum Gasteiger partial charge on any atom is 0.335 e. The van der Waals surface area contributed by atoms with Crippen LogP contribution in [0.15, 0.2) is 51.8 Å². The lowest BCUT2D eigenvalue weighted by Gasteiger charge is -2.14. The van der Waals surface area contributed by atoms with E-state index in [1.807, 2.05) is 0 Å². The number of aromatic hydroxyl groups is 1. The van der Waals surface area contributed by atoms with Crippen LogP contribution in [0.1, 0.15) is 28.8 Å². The minimum Gasteiger partial charge on any atom is -0.507 e. The van der Waals surface area contributed by atoms with Crippen LogP contribution in [0.5, 0.6) is 5.75 Å². The molecule has 0 bridgehead atoms. The van der Waals surface area contributed by atoms with Gasteiger partial charge in [-0.3, -0.25) is 14.5 Å². The molecule has 31 heavy (non-hydrogen) atoms. The van der Waals surface area contributed by atoms with Crippen LogP contribution in [-0.2, 0) is 9.59 Å². The van der Waals surface area contributed by atoms with E-state index in [-0.39, 0.29) is 36.1 Å². The molecular weight excluding hydrogens is 504 g/mol. The second-order valence-corrected chi connectivity index (χ2v) is 9.16. The molecule has 1 saturated heterocycles. The molecule has 3 N–H and O–H groups in total. The standard InChI is InChI=1S/C21H17BrN2O5S2/c22-14-5-8-16(25)13(10-14)11-17-19(27)24(21(30)31-17)9-1-2-18(26)23-15-6-3-12(4-7-15)20(28)29/h3-8,10-11,25H,1-2,9H2,(H,23,26)(H,28,29)/b17-11-. The monoisotopic (exact) mass is 520 g/mol. The van der Waals surface area contributed by atoms with Gasteiger partial charge >= 0.3 is 5.97 Å². The third-order valence-corrected chi connectivity index (χ3v) is 6.22. The molecule has 0 atom stereocenters. The predicted molar refractivity (Wildman–Crippen MR) is 127 cm³/mol. The van der Waals surface area contributed by atoms with E-state index in [9.17, 15) is 19.5 Å². The number of carbonyl (C=O) groups is 3. The molecule has 7 nitrogen and oxygen atoms in total. The number of hydrogen-bond donors (Lipinski definition) is 3. The number of nitrogens with zero attached hydrogens (tertiary/aromatic N) is 1. The lowest BCUT2D eigenvalue weighted by Crippen LogP contribution is -2.29. The number of phenols is 1. The number of hydrogen-bond acceptors (Lipinski definition) is 6. The van der Waals surface area contributed by atoms with Crippen molar-refractivity contribution in [3.05, 3.63) is 63.0 Å². The second kappa shape index (κ2) is 10.1. The minimum atomic E-state index is -1.04. The van der Waals surface area contributed by atoms with Crippen molar-refractivity contribution < 1.29 is 24.6 Å². The van der Waals surface area contributed by atoms with Crippen molar-refractivity contribution in [2.75, 3.05) is 11.9 Å². The summed E-state index contributed by atoms with van der Waals surface area (Å²) in [6.45, 7) is 0.290. The molecule has 2 amide bonds. The SMILES string of the molecule is O=C(CCCN1C(=O)/C(=C/c2cc(Br)ccc2O)SC1=S)Nc1ccc(C(=O)O)cc1. The van der Waals surface area contributed by atoms with Crippen molar-refractivity contribution in [1.82, 2.24) is 4.90 Å². The first-order chi connectivity index (χ1) is 14.7. The lowest BCUT2D eigenvalue weighted by molar-refractivity contribution is -0.122. The highest BCUT2D eigenvalue weighted by Gasteiger charge is 2.31. The fourth-order valence-corrected chi connectivity index (χ4v) is 4.47. The number of aromatic carboxylic acids is 1. The van der Waals surface area contributed by atoms with Crippen LogP contribution in [0.2, 0.25) is 0 Å². The van der Waals surface area contributed by atoms with Gasteiger partial charge in [0.1, 0.15) is 10.1 Å². The molecule has 0 aromatic heterocycles. The summed E-state index contributed by atoms with van der Waals surface area (Å²) in [6, 6.07) is 10.8. The largest absolute Gasteiger partial charge is 0.507 e. The summed E-state index contributed by atoms with van der Waals surface area (Å²) in [5.74, 6) is -1.49. The number of thioether (sulfide) groups is 1. The van der Waals surface area contributed by atoms with Gasteiger partial charge in [-0.15, -0.1) is 0 Å². The molecule has 0 saturated carbocycles. The van der Waals surface area contributed by atoms with Crippen LogP contribution in [0.25, 0.3) is 6.08 Å². The fraction of sp³-hybridized carbons (Fsp3) is 0.143. The van der Waals surface area contributed by atoms with Crippen molar-refractivity contribution in [1.29, 1.82) is 0 Å². The lowest BCUT2D eigenvalue weighted by atomic mass is 10.2. The summed E-state index contributed by atoms with van der Waals surface area (Å²) in [5, 5.41) is 21.6. The molecule has 1 fully saturated rings. The maximum absolute atomic E-state index is 12.7. The van der Waals surface area contributed by atoms with Gasteiger partial charge in [0.25, 0.3) is 5.91 Å². The molecule has 0 aliphatic carbocycles. The Balaban J connectivity index is 1.54. The average Bonchev–Trinajstić information content (AvgIpc) is 2.98. The van der Waals surface area contributed by atoms with E-state index in [2.05, 4.69) is 21.2 Å². The first-order valence-corrected chi connectivity index (χ1v) is 11.1. The Morgan fingerprint density at radius 3 is 2.58 bits per heavy atom. The molecule has 160 valence electrons. The Hall–Kier alpha value is -2.69. The van der Waals surface area contributed by atoms with Crippen LogP contribution in [0.3, 0.4) is 0 Å². The molecule has 10 heteroatoms. The Kier molecular flexibility index (Phi) is 7.47. The van der Waals surface area contributed by atoms with E-state index in [0.717, 1.165) is 16.2 Å². The summed E-state index contributed by atoms with van der Waals surface area (Å²) in [4.78, 5) is 37.5. The number of phenolic OH excluding ortho intramolecular Hbond substituents is 1. The number of amides is 2. The zero-order valence-corrected chi connectivity index (χ0v) is 19.2. The number of thiocarbonyl (C=S) groups is 1. The van der Waals surface area contributed by atoms with Crippen LogP contribution < -0.4 is 5.32 Å². The summed E-state index contributed by atoms with van der Waals surface area (Å²) < 4.78 is 1.17. The number of anilines is 1. The van der Waals surface area contributed by atoms with Crippen molar-refractivity contribution in [3.8, 4) is 5.75 Å². The van der Waals surface area contributed by atoms with Gasteiger partial charge in [0, 0.05) is 28.7 Å². The van der Waals surface area contributed by atoms with Crippen molar-refractivity contribution >= 4 is 73.8 Å². The molecule has 2 aromatic rings. The molecule has 3 rings (SSSR count). The van der Waals surface area contributed by atoms with Crippen molar-refractivity contribution in [2.24, 2.45) is 0 Å². The topological polar surface area (TPSA) is 107 Å². The molecule has 0 unspecified atom stereocenters. The number of halogens is 1. The van der Waals surface area contributed by atoms with Gasteiger partial charge < -0.3 is 15.5 Å². The van der Waals surface area contributed by atoms with Gasteiger partial charge in [0.15, 0.2) is 0 Å². The first kappa shape index (κ1) is 23.0. The smallest absolute Gasteiger partial charge is 0.335 e. The maximum atomic E-state index is 12.7. The van der Waals surface area contributed by atoms with Crippen LogP contribution >= 0.6 is 39.9 Å². The number of carboxylic acids is 1. The van der Waals surface area contributed by atoms with Crippen molar-refractivity contribution in [2.45, 2.75) is 12.8 Å². The number of carboxylic acid groups (broad SMARTS) is 1. The number of carbonyl (C=O) groups excluding carboxylic acids is 2. The van der Waals surface area contributed by atoms with Gasteiger partial charge in [0.2, 0.25) is 5.91 Å². The molecule has 0 spiro atoms. The zero-order chi connectivity index (χ0) is 22.5. The molecule has 0 radical (unpaired) electrons. The summed E-state index contributed by atoms with van der Waals surface area (Å²) in [5.41, 5.74) is 1.14. The van der Waals surface area contributed by atoms with Gasteiger partial charge in [-0.1, -0.05) is 39.9 Å². The third-order valence-electron chi connectivity index (χ3n) is 4.35. The van der Waals surface area contributed by atoms with Gasteiger partial charge in [-0.25, -0.2) is 4.79 Å². The summed E-state index contributed by atoms with van der Waals surface area (Å²) >= 11 is 9.78. The Bertz CT molecular complexity index is 1090. The zero-order valence-electron chi connectivity index (χ0n) is 16.0. The predicted octanol–water partition coefficient (Wildman–Crippen LogP) is 4.47. The first-order valence-electron chi connectivity index (χ1n) is 9.11. The van der Waals surface area contributed by atoms with Crippen LogP contribution in [0.4, 0.5) is 5.69 Å². The Morgan fingerprint density at radius 2 is 1.90 bits per heavy atom. The third kappa shape index (κ3) is 5.93. The number of rotatable bonds is 7. The van der Waals surface area contributed by atoms with E-state index in [0.29, 0.717) is 26.9 Å². The molecular formula is C21H17BrN2O5S2. The van der Waals surface area contributed by atoms with E-state index in [1.165, 1.54) is 35.2 Å². The summed E-state index contributed by atoms with van der Waals surface area (Å²) in [6.07, 6.45) is 2.16. The highest BCUT2D eigenvalue weighted by Crippen LogP contribution is 2.34. The molecule has 1 aliphatic rings. The van der Waals surface area contributed by atoms with Gasteiger partial charge in [-0.05, 0) is 55.0 Å². The molecule has 1 heterocycles. The van der Waals surface area contributed by atoms with Crippen LogP contribution in [-0.4, -0.2) is 43.8 Å². The van der Waals surface area contributed by atoms with E-state index in [4.69, 9.17) is 17.3 Å². The molecule has 1 aliphatic heterocycles. The normalized spacial score (nSPS) is 14.9. The highest BCUT2D eigenvalue weighted by molar-refractivity contribution is 9.10. The van der Waals surface area contributed by atoms with Crippen LogP contribution in [0, 0.1) is 0 Å². The Morgan fingerprint density at radius 1 is 1.19 bits per heavy atom. The Labute approximate surface area is 196 Å². The quantitative estimate of drug-likeness (QED) is 0.365. The van der Waals surface area contributed by atoms with Crippen molar-refractivity contribution in [3.63, 3.8) is 0 Å². The molecule has 2 aromatic carbocycles. The average molecular weight is 521 g/mol. The van der Waals surface area contributed by atoms with E-state index < -0.39 is 5.97 Å². The number of nitrogens with one attached hydrogen (secondary N) is 1. The second-order valence-electron chi connectivity index (χ2n) is 6.57. The highest BCUT2D eigenvalue weighted by atomic mass is 79.9. The van der Waals surface area contributed by atoms with E-state index >= 15 is 0 Å². The number of benzene rings is 2. The van der Waals surface area contributed by atoms with Gasteiger partial charge in [0.05, 0.1) is 10.5 Å². The minimum absolute atomic E-state index is 0.0570. The van der Waals surface area contributed by atoms with E-state index in [1.54, 1.807) is 18.2 Å². The fourth-order valence-electron chi connectivity index (χ4n) is 2.79. The summed E-state index contributed by atoms with van der Waals surface area (Å²) in [7, 11) is 0.